The predicted octanol–water partition coefficient (Wildman–Crippen LogP) is 5.77. The molecule has 0 radical (unpaired) electrons. The molecular formula is C25H22BrN3O5S. The van der Waals surface area contributed by atoms with Crippen molar-refractivity contribution in [1.29, 1.82) is 0 Å². The molecule has 10 heteroatoms. The molecule has 3 aromatic carbocycles. The Labute approximate surface area is 214 Å². The summed E-state index contributed by atoms with van der Waals surface area (Å²) >= 11 is 4.75. The summed E-state index contributed by atoms with van der Waals surface area (Å²) < 4.78 is 23.4. The van der Waals surface area contributed by atoms with Gasteiger partial charge in [0.1, 0.15) is 5.75 Å². The summed E-state index contributed by atoms with van der Waals surface area (Å²) in [6.45, 7) is 0. The lowest BCUT2D eigenvalue weighted by Crippen LogP contribution is -2.25. The number of amides is 1. The molecule has 8 nitrogen and oxygen atoms in total. The van der Waals surface area contributed by atoms with Gasteiger partial charge in [-0.3, -0.25) is 4.79 Å². The molecule has 180 valence electrons. The van der Waals surface area contributed by atoms with Crippen molar-refractivity contribution < 1.29 is 23.7 Å². The third-order valence-electron chi connectivity index (χ3n) is 5.06. The molecule has 0 saturated heterocycles. The third-order valence-corrected chi connectivity index (χ3v) is 6.58. The lowest BCUT2D eigenvalue weighted by molar-refractivity contribution is 0.0987. The van der Waals surface area contributed by atoms with Crippen LogP contribution < -0.4 is 24.0 Å². The molecule has 1 amide bonds. The van der Waals surface area contributed by atoms with Gasteiger partial charge in [0.05, 0.1) is 44.9 Å². The minimum atomic E-state index is -0.413. The van der Waals surface area contributed by atoms with Gasteiger partial charge in [-0.15, -0.1) is 0 Å². The Bertz CT molecular complexity index is 1360. The zero-order chi connectivity index (χ0) is 24.9. The smallest absolute Gasteiger partial charge is 0.281 e. The van der Waals surface area contributed by atoms with Crippen molar-refractivity contribution in [2.75, 3.05) is 33.4 Å². The third kappa shape index (κ3) is 5.23. The van der Waals surface area contributed by atoms with Crippen LogP contribution in [0, 0.1) is 0 Å². The van der Waals surface area contributed by atoms with E-state index in [9.17, 15) is 4.79 Å². The molecule has 4 rings (SSSR count). The van der Waals surface area contributed by atoms with Crippen LogP contribution in [0.2, 0.25) is 0 Å². The number of hydrogen-bond donors (Lipinski definition) is 0. The molecule has 0 aliphatic rings. The number of aromatic nitrogens is 1. The lowest BCUT2D eigenvalue weighted by atomic mass is 10.1. The molecule has 0 aliphatic carbocycles. The number of ether oxygens (including phenoxy) is 4. The number of fused-ring (bicyclic) bond motifs is 1. The largest absolute Gasteiger partial charge is 0.497 e. The predicted molar refractivity (Wildman–Crippen MR) is 141 cm³/mol. The molecule has 0 N–H and O–H groups in total. The number of methoxy groups -OCH3 is 4. The van der Waals surface area contributed by atoms with Crippen molar-refractivity contribution in [3.05, 3.63) is 70.2 Å². The molecule has 0 fully saturated rings. The quantitative estimate of drug-likeness (QED) is 0.202. The number of thiazole rings is 1. The van der Waals surface area contributed by atoms with Crippen molar-refractivity contribution in [2.45, 2.75) is 0 Å². The monoisotopic (exact) mass is 555 g/mol. The van der Waals surface area contributed by atoms with Crippen LogP contribution in [0.15, 0.2) is 64.2 Å². The number of nitrogens with zero attached hydrogens (tertiary/aromatic N) is 3. The minimum absolute atomic E-state index is 0.296. The van der Waals surface area contributed by atoms with Gasteiger partial charge in [0.15, 0.2) is 11.5 Å². The number of hydrazone groups is 1. The second-order valence-corrected chi connectivity index (χ2v) is 9.08. The van der Waals surface area contributed by atoms with Gasteiger partial charge in [-0.1, -0.05) is 39.4 Å². The summed E-state index contributed by atoms with van der Waals surface area (Å²) in [5.74, 6) is 1.41. The fourth-order valence-electron chi connectivity index (χ4n) is 3.30. The van der Waals surface area contributed by atoms with E-state index in [4.69, 9.17) is 18.9 Å². The maximum absolute atomic E-state index is 13.8. The first kappa shape index (κ1) is 24.5. The Morgan fingerprint density at radius 1 is 0.943 bits per heavy atom. The first-order valence-corrected chi connectivity index (χ1v) is 12.0. The highest BCUT2D eigenvalue weighted by Crippen LogP contribution is 2.39. The van der Waals surface area contributed by atoms with Crippen molar-refractivity contribution in [2.24, 2.45) is 5.10 Å². The van der Waals surface area contributed by atoms with Gasteiger partial charge in [-0.2, -0.15) is 10.1 Å². The molecule has 35 heavy (non-hydrogen) atoms. The van der Waals surface area contributed by atoms with E-state index >= 15 is 0 Å². The number of hydrogen-bond acceptors (Lipinski definition) is 8. The van der Waals surface area contributed by atoms with Crippen molar-refractivity contribution in [3.63, 3.8) is 0 Å². The van der Waals surface area contributed by atoms with Crippen LogP contribution in [0.25, 0.3) is 10.2 Å². The highest BCUT2D eigenvalue weighted by molar-refractivity contribution is 9.10. The van der Waals surface area contributed by atoms with Crippen molar-refractivity contribution in [1.82, 2.24) is 4.98 Å². The van der Waals surface area contributed by atoms with Crippen molar-refractivity contribution >= 4 is 54.7 Å². The number of halogens is 1. The molecule has 0 spiro atoms. The zero-order valence-corrected chi connectivity index (χ0v) is 21.8. The first-order chi connectivity index (χ1) is 17.0. The Morgan fingerprint density at radius 3 is 2.23 bits per heavy atom. The van der Waals surface area contributed by atoms with E-state index in [2.05, 4.69) is 26.0 Å². The lowest BCUT2D eigenvalue weighted by Gasteiger charge is -2.17. The van der Waals surface area contributed by atoms with E-state index in [1.54, 1.807) is 25.5 Å². The summed E-state index contributed by atoms with van der Waals surface area (Å²) in [5, 5.41) is 6.18. The molecule has 0 aliphatic heterocycles. The Morgan fingerprint density at radius 2 is 1.63 bits per heavy atom. The zero-order valence-electron chi connectivity index (χ0n) is 19.4. The van der Waals surface area contributed by atoms with Gasteiger partial charge >= 0.3 is 0 Å². The van der Waals surface area contributed by atoms with E-state index in [-0.39, 0.29) is 0 Å². The van der Waals surface area contributed by atoms with E-state index in [0.29, 0.717) is 33.7 Å². The van der Waals surface area contributed by atoms with Crippen LogP contribution >= 0.6 is 27.3 Å². The fourth-order valence-corrected chi connectivity index (χ4v) is 4.51. The van der Waals surface area contributed by atoms with Crippen LogP contribution in [-0.4, -0.2) is 45.5 Å². The van der Waals surface area contributed by atoms with Gasteiger partial charge in [0, 0.05) is 10.0 Å². The molecule has 4 aromatic rings. The number of carbonyl (C=O) groups is 1. The van der Waals surface area contributed by atoms with Gasteiger partial charge in [0.25, 0.3) is 5.91 Å². The summed E-state index contributed by atoms with van der Waals surface area (Å²) in [7, 11) is 6.10. The Hall–Kier alpha value is -3.63. The maximum atomic E-state index is 13.8. The highest BCUT2D eigenvalue weighted by Gasteiger charge is 2.24. The number of carbonyl (C=O) groups excluding carboxylic acids is 1. The Kier molecular flexibility index (Phi) is 7.52. The number of anilines is 1. The van der Waals surface area contributed by atoms with Crippen LogP contribution in [0.3, 0.4) is 0 Å². The number of benzene rings is 3. The molecule has 0 saturated carbocycles. The molecule has 1 aromatic heterocycles. The average Bonchev–Trinajstić information content (AvgIpc) is 3.31. The van der Waals surface area contributed by atoms with E-state index in [1.165, 1.54) is 37.7 Å². The molecule has 0 bridgehead atoms. The summed E-state index contributed by atoms with van der Waals surface area (Å²) in [5.41, 5.74) is 1.84. The van der Waals surface area contributed by atoms with Crippen LogP contribution in [0.4, 0.5) is 5.13 Å². The molecule has 0 unspecified atom stereocenters. The average molecular weight is 556 g/mol. The minimum Gasteiger partial charge on any atom is -0.497 e. The van der Waals surface area contributed by atoms with Crippen LogP contribution in [0.5, 0.6) is 23.0 Å². The SMILES string of the molecule is COc1ccc2nc(N(/N=C/c3ccc(Br)cc3)C(=O)c3cc(OC)c(OC)c(OC)c3)sc2c1. The van der Waals surface area contributed by atoms with Crippen LogP contribution in [0.1, 0.15) is 15.9 Å². The summed E-state index contributed by atoms with van der Waals surface area (Å²) in [6, 6.07) is 16.3. The summed E-state index contributed by atoms with van der Waals surface area (Å²) in [4.78, 5) is 18.4. The van der Waals surface area contributed by atoms with E-state index < -0.39 is 5.91 Å². The van der Waals surface area contributed by atoms with Gasteiger partial charge in [-0.25, -0.2) is 4.98 Å². The van der Waals surface area contributed by atoms with Gasteiger partial charge in [-0.05, 0) is 48.0 Å². The fraction of sp³-hybridized carbons (Fsp3) is 0.160. The normalized spacial score (nSPS) is 11.0. The van der Waals surface area contributed by atoms with Gasteiger partial charge < -0.3 is 18.9 Å². The molecule has 0 atom stereocenters. The second-order valence-electron chi connectivity index (χ2n) is 7.16. The number of rotatable bonds is 8. The molecule has 1 heterocycles. The van der Waals surface area contributed by atoms with E-state index in [1.807, 2.05) is 42.5 Å². The Balaban J connectivity index is 1.81. The van der Waals surface area contributed by atoms with Crippen LogP contribution in [-0.2, 0) is 0 Å². The topological polar surface area (TPSA) is 82.5 Å². The summed E-state index contributed by atoms with van der Waals surface area (Å²) in [6.07, 6.45) is 1.61. The van der Waals surface area contributed by atoms with Crippen molar-refractivity contribution in [3.8, 4) is 23.0 Å². The molecular weight excluding hydrogens is 534 g/mol. The van der Waals surface area contributed by atoms with Gasteiger partial charge in [0.2, 0.25) is 10.9 Å². The standard InChI is InChI=1S/C25H22BrN3O5S/c1-31-18-9-10-19-22(13-18)35-25(28-19)29(27-14-15-5-7-17(26)8-6-15)24(30)16-11-20(32-2)23(34-4)21(12-16)33-3/h5-14H,1-4H3/b27-14+. The highest BCUT2D eigenvalue weighted by atomic mass is 79.9. The van der Waals surface area contributed by atoms with E-state index in [0.717, 1.165) is 20.3 Å². The second kappa shape index (κ2) is 10.7. The first-order valence-electron chi connectivity index (χ1n) is 10.4. The maximum Gasteiger partial charge on any atom is 0.281 e.